The zero-order valence-electron chi connectivity index (χ0n) is 8.84. The minimum Gasteiger partial charge on any atom is -0.274 e. The summed E-state index contributed by atoms with van der Waals surface area (Å²) in [6.07, 6.45) is 6.66. The number of fused-ring (bicyclic) bond motifs is 2. The lowest BCUT2D eigenvalue weighted by atomic mass is 9.96. The fourth-order valence-corrected chi connectivity index (χ4v) is 3.04. The Hall–Kier alpha value is -1.77. The number of benzene rings is 1. The molecule has 2 unspecified atom stereocenters. The van der Waals surface area contributed by atoms with Gasteiger partial charge in [-0.1, -0.05) is 24.3 Å². The van der Waals surface area contributed by atoms with Crippen molar-refractivity contribution >= 4 is 10.9 Å². The first-order valence-corrected chi connectivity index (χ1v) is 5.76. The Balaban J connectivity index is 2.22. The lowest BCUT2D eigenvalue weighted by Crippen LogP contribution is -2.35. The lowest BCUT2D eigenvalue weighted by molar-refractivity contribution is 0.271. The molecule has 3 heterocycles. The highest BCUT2D eigenvalue weighted by molar-refractivity contribution is 5.79. The molecular formula is C13H12N2O. The van der Waals surface area contributed by atoms with Crippen molar-refractivity contribution in [1.82, 2.24) is 9.36 Å². The van der Waals surface area contributed by atoms with Crippen LogP contribution in [0.1, 0.15) is 24.9 Å². The van der Waals surface area contributed by atoms with Crippen LogP contribution in [-0.2, 0) is 0 Å². The molecular weight excluding hydrogens is 200 g/mol. The third-order valence-corrected chi connectivity index (χ3v) is 3.76. The van der Waals surface area contributed by atoms with Crippen LogP contribution in [0.4, 0.5) is 0 Å². The van der Waals surface area contributed by atoms with Gasteiger partial charge in [0, 0.05) is 0 Å². The molecule has 1 aromatic heterocycles. The largest absolute Gasteiger partial charge is 0.275 e. The van der Waals surface area contributed by atoms with E-state index in [1.54, 1.807) is 0 Å². The molecule has 16 heavy (non-hydrogen) atoms. The molecule has 2 aliphatic heterocycles. The third kappa shape index (κ3) is 0.825. The quantitative estimate of drug-likeness (QED) is 0.615. The molecule has 0 radical (unpaired) electrons. The zero-order valence-corrected chi connectivity index (χ0v) is 8.84. The number of para-hydroxylation sites is 1. The van der Waals surface area contributed by atoms with Gasteiger partial charge in [-0.25, -0.2) is 4.68 Å². The summed E-state index contributed by atoms with van der Waals surface area (Å²) in [5, 5.41) is 0.850. The summed E-state index contributed by atoms with van der Waals surface area (Å²) in [7, 11) is 0. The smallest absolute Gasteiger partial charge is 0.274 e. The van der Waals surface area contributed by atoms with Crippen molar-refractivity contribution in [2.75, 3.05) is 0 Å². The summed E-state index contributed by atoms with van der Waals surface area (Å²) >= 11 is 0. The molecule has 0 spiro atoms. The molecule has 80 valence electrons. The van der Waals surface area contributed by atoms with Crippen molar-refractivity contribution in [3.8, 4) is 0 Å². The van der Waals surface area contributed by atoms with Crippen molar-refractivity contribution < 1.29 is 0 Å². The van der Waals surface area contributed by atoms with Crippen LogP contribution in [0.2, 0.25) is 0 Å². The summed E-state index contributed by atoms with van der Waals surface area (Å²) in [4.78, 5) is 12.3. The normalized spacial score (nSPS) is 26.2. The Labute approximate surface area is 92.6 Å². The monoisotopic (exact) mass is 212 g/mol. The molecule has 3 heteroatoms. The number of rotatable bonds is 0. The molecule has 1 aromatic carbocycles. The van der Waals surface area contributed by atoms with E-state index >= 15 is 0 Å². The van der Waals surface area contributed by atoms with Crippen molar-refractivity contribution in [3.05, 3.63) is 46.8 Å². The highest BCUT2D eigenvalue weighted by Crippen LogP contribution is 2.36. The van der Waals surface area contributed by atoms with E-state index in [4.69, 9.17) is 0 Å². The van der Waals surface area contributed by atoms with Gasteiger partial charge in [0.25, 0.3) is 5.56 Å². The Morgan fingerprint density at radius 1 is 1.00 bits per heavy atom. The molecule has 2 bridgehead atoms. The van der Waals surface area contributed by atoms with Crippen LogP contribution >= 0.6 is 0 Å². The first kappa shape index (κ1) is 8.39. The van der Waals surface area contributed by atoms with Crippen LogP contribution in [0.5, 0.6) is 0 Å². The lowest BCUT2D eigenvalue weighted by Gasteiger charge is -2.35. The molecule has 3 nitrogen and oxygen atoms in total. The highest BCUT2D eigenvalue weighted by atomic mass is 16.1. The van der Waals surface area contributed by atoms with E-state index in [0.717, 1.165) is 23.7 Å². The van der Waals surface area contributed by atoms with Crippen LogP contribution in [0, 0.1) is 0 Å². The van der Waals surface area contributed by atoms with Crippen LogP contribution in [-0.4, -0.2) is 9.36 Å². The Morgan fingerprint density at radius 2 is 1.69 bits per heavy atom. The zero-order chi connectivity index (χ0) is 10.7. The van der Waals surface area contributed by atoms with Gasteiger partial charge in [-0.3, -0.25) is 9.48 Å². The standard InChI is InChI=1S/C13H12N2O/c16-13-11-3-1-2-4-12(11)14-9-5-7-10(8-6-9)15(13)14/h1-5,7,9-10H,6,8H2. The van der Waals surface area contributed by atoms with Crippen LogP contribution < -0.4 is 5.56 Å². The van der Waals surface area contributed by atoms with Gasteiger partial charge in [0.15, 0.2) is 0 Å². The summed E-state index contributed by atoms with van der Waals surface area (Å²) in [6, 6.07) is 8.55. The average molecular weight is 212 g/mol. The van der Waals surface area contributed by atoms with Crippen LogP contribution in [0.3, 0.4) is 0 Å². The average Bonchev–Trinajstić information content (AvgIpc) is 2.68. The molecule has 0 amide bonds. The first-order chi connectivity index (χ1) is 7.86. The maximum atomic E-state index is 12.3. The van der Waals surface area contributed by atoms with Gasteiger partial charge in [-0.15, -0.1) is 0 Å². The van der Waals surface area contributed by atoms with Crippen molar-refractivity contribution in [3.63, 3.8) is 0 Å². The predicted molar refractivity (Wildman–Crippen MR) is 62.6 cm³/mol. The molecule has 3 aliphatic rings. The van der Waals surface area contributed by atoms with Gasteiger partial charge in [-0.05, 0) is 25.0 Å². The van der Waals surface area contributed by atoms with Gasteiger partial charge in [0.2, 0.25) is 0 Å². The summed E-state index contributed by atoms with van der Waals surface area (Å²) in [5.41, 5.74) is 1.24. The Bertz CT molecular complexity index is 662. The Kier molecular flexibility index (Phi) is 1.40. The van der Waals surface area contributed by atoms with E-state index in [1.807, 2.05) is 28.9 Å². The minimum absolute atomic E-state index is 0.162. The van der Waals surface area contributed by atoms with E-state index in [0.29, 0.717) is 6.04 Å². The van der Waals surface area contributed by atoms with Gasteiger partial charge in [0.05, 0.1) is 23.0 Å². The first-order valence-electron chi connectivity index (χ1n) is 5.76. The highest BCUT2D eigenvalue weighted by Gasteiger charge is 2.31. The van der Waals surface area contributed by atoms with Crippen LogP contribution in [0.15, 0.2) is 41.2 Å². The maximum absolute atomic E-state index is 12.3. The van der Waals surface area contributed by atoms with E-state index in [1.165, 1.54) is 0 Å². The van der Waals surface area contributed by atoms with Gasteiger partial charge < -0.3 is 0 Å². The SMILES string of the molecule is O=c1c2ccccc2n2n1C1C=CC2CC1. The predicted octanol–water partition coefficient (Wildman–Crippen LogP) is 2.25. The maximum Gasteiger partial charge on any atom is 0.275 e. The molecule has 2 atom stereocenters. The molecule has 0 saturated carbocycles. The fourth-order valence-electron chi connectivity index (χ4n) is 3.04. The Morgan fingerprint density at radius 3 is 2.44 bits per heavy atom. The second-order valence-electron chi connectivity index (χ2n) is 4.61. The second kappa shape index (κ2) is 2.67. The van der Waals surface area contributed by atoms with E-state index < -0.39 is 0 Å². The molecule has 1 aliphatic carbocycles. The number of allylic oxidation sites excluding steroid dienone is 2. The van der Waals surface area contributed by atoms with E-state index in [9.17, 15) is 4.79 Å². The third-order valence-electron chi connectivity index (χ3n) is 3.76. The number of aromatic nitrogens is 2. The number of nitrogens with zero attached hydrogens (tertiary/aromatic N) is 2. The molecule has 5 rings (SSSR count). The summed E-state index contributed by atoms with van der Waals surface area (Å²) in [5.74, 6) is 0. The number of hydrogen-bond acceptors (Lipinski definition) is 1. The molecule has 0 fully saturated rings. The van der Waals surface area contributed by atoms with Gasteiger partial charge in [-0.2, -0.15) is 0 Å². The second-order valence-corrected chi connectivity index (χ2v) is 4.61. The number of hydrogen-bond donors (Lipinski definition) is 0. The van der Waals surface area contributed by atoms with Gasteiger partial charge >= 0.3 is 0 Å². The molecule has 0 saturated heterocycles. The van der Waals surface area contributed by atoms with Crippen molar-refractivity contribution in [1.29, 1.82) is 0 Å². The van der Waals surface area contributed by atoms with E-state index in [-0.39, 0.29) is 11.6 Å². The summed E-state index contributed by atoms with van der Waals surface area (Å²) in [6.45, 7) is 0. The topological polar surface area (TPSA) is 26.9 Å². The van der Waals surface area contributed by atoms with Crippen molar-refractivity contribution in [2.45, 2.75) is 24.9 Å². The van der Waals surface area contributed by atoms with E-state index in [2.05, 4.69) is 16.8 Å². The fraction of sp³-hybridized carbons (Fsp3) is 0.308. The van der Waals surface area contributed by atoms with Gasteiger partial charge in [0.1, 0.15) is 0 Å². The van der Waals surface area contributed by atoms with Crippen molar-refractivity contribution in [2.24, 2.45) is 0 Å². The molecule has 0 N–H and O–H groups in total. The molecule has 2 aromatic rings. The summed E-state index contributed by atoms with van der Waals surface area (Å²) < 4.78 is 4.10. The van der Waals surface area contributed by atoms with Crippen LogP contribution in [0.25, 0.3) is 10.9 Å². The minimum atomic E-state index is 0.162.